The van der Waals surface area contributed by atoms with Crippen LogP contribution in [0.2, 0.25) is 0 Å². The number of nitrogens with zero attached hydrogens (tertiary/aromatic N) is 1. The van der Waals surface area contributed by atoms with Crippen molar-refractivity contribution in [2.24, 2.45) is 0 Å². The number of hydrogen-bond donors (Lipinski definition) is 3. The van der Waals surface area contributed by atoms with E-state index in [4.69, 9.17) is 4.74 Å². The summed E-state index contributed by atoms with van der Waals surface area (Å²) in [5.41, 5.74) is 1.82. The summed E-state index contributed by atoms with van der Waals surface area (Å²) in [7, 11) is -2.26. The molecular weight excluding hydrogens is 532 g/mol. The van der Waals surface area contributed by atoms with Crippen LogP contribution < -0.4 is 20.3 Å². The summed E-state index contributed by atoms with van der Waals surface area (Å²) in [5.74, 6) is 0.359. The molecule has 0 spiro atoms. The molecule has 0 unspecified atom stereocenters. The summed E-state index contributed by atoms with van der Waals surface area (Å²) in [5, 5.41) is 3.82. The van der Waals surface area contributed by atoms with E-state index in [-0.39, 0.29) is 22.1 Å². The highest BCUT2D eigenvalue weighted by Gasteiger charge is 2.20. The van der Waals surface area contributed by atoms with Crippen molar-refractivity contribution in [2.45, 2.75) is 35.7 Å². The number of thioether (sulfide) groups is 1. The predicted octanol–water partition coefficient (Wildman–Crippen LogP) is 4.40. The molecule has 12 heteroatoms. The third-order valence-corrected chi connectivity index (χ3v) is 9.39. The number of aromatic nitrogens is 2. The van der Waals surface area contributed by atoms with E-state index >= 15 is 0 Å². The first-order chi connectivity index (χ1) is 17.8. The summed E-state index contributed by atoms with van der Waals surface area (Å²) >= 11 is 2.71. The molecule has 192 valence electrons. The van der Waals surface area contributed by atoms with Crippen molar-refractivity contribution in [3.05, 3.63) is 69.3 Å². The number of sulfonamides is 1. The van der Waals surface area contributed by atoms with Gasteiger partial charge >= 0.3 is 0 Å². The minimum absolute atomic E-state index is 0.0403. The largest absolute Gasteiger partial charge is 0.497 e. The zero-order chi connectivity index (χ0) is 26.0. The van der Waals surface area contributed by atoms with Gasteiger partial charge < -0.3 is 15.0 Å². The molecule has 1 amide bonds. The lowest BCUT2D eigenvalue weighted by Gasteiger charge is -2.10. The van der Waals surface area contributed by atoms with Gasteiger partial charge in [0.05, 0.1) is 23.1 Å². The Hall–Kier alpha value is -3.35. The highest BCUT2D eigenvalue weighted by molar-refractivity contribution is 7.99. The fraction of sp³-hybridized carbons (Fsp3) is 0.240. The van der Waals surface area contributed by atoms with E-state index in [1.807, 2.05) is 0 Å². The van der Waals surface area contributed by atoms with Crippen LogP contribution >= 0.6 is 23.1 Å². The number of nitrogens with one attached hydrogen (secondary N) is 3. The number of H-pyrrole nitrogens is 1. The third kappa shape index (κ3) is 5.65. The molecule has 3 N–H and O–H groups in total. The van der Waals surface area contributed by atoms with Crippen LogP contribution in [-0.4, -0.2) is 37.2 Å². The molecule has 1 aliphatic carbocycles. The fourth-order valence-electron chi connectivity index (χ4n) is 4.13. The van der Waals surface area contributed by atoms with Gasteiger partial charge in [-0.25, -0.2) is 13.4 Å². The normalized spacial score (nSPS) is 13.2. The number of aryl methyl sites for hydroxylation is 2. The van der Waals surface area contributed by atoms with E-state index in [0.717, 1.165) is 47.8 Å². The summed E-state index contributed by atoms with van der Waals surface area (Å²) in [4.78, 5) is 34.5. The third-order valence-electron chi connectivity index (χ3n) is 5.93. The number of amides is 1. The van der Waals surface area contributed by atoms with Crippen LogP contribution in [0.3, 0.4) is 0 Å². The molecule has 37 heavy (non-hydrogen) atoms. The molecule has 0 saturated heterocycles. The van der Waals surface area contributed by atoms with Gasteiger partial charge in [0.1, 0.15) is 10.6 Å². The maximum absolute atomic E-state index is 12.7. The molecule has 0 bridgehead atoms. The maximum Gasteiger partial charge on any atom is 0.261 e. The number of ether oxygens (including phenoxy) is 1. The molecule has 5 rings (SSSR count). The Morgan fingerprint density at radius 3 is 2.51 bits per heavy atom. The van der Waals surface area contributed by atoms with Crippen molar-refractivity contribution in [3.63, 3.8) is 0 Å². The molecule has 0 radical (unpaired) electrons. The molecule has 0 aliphatic heterocycles. The van der Waals surface area contributed by atoms with E-state index in [1.165, 1.54) is 36.3 Å². The summed E-state index contributed by atoms with van der Waals surface area (Å²) in [6.07, 6.45) is 4.11. The molecule has 0 atom stereocenters. The van der Waals surface area contributed by atoms with E-state index in [9.17, 15) is 18.0 Å². The Morgan fingerprint density at radius 1 is 1.08 bits per heavy atom. The van der Waals surface area contributed by atoms with Gasteiger partial charge in [-0.05, 0) is 79.8 Å². The van der Waals surface area contributed by atoms with E-state index < -0.39 is 10.0 Å². The molecule has 2 aromatic heterocycles. The lowest BCUT2D eigenvalue weighted by Crippen LogP contribution is -2.16. The fourth-order valence-corrected chi connectivity index (χ4v) is 7.17. The number of hydrogen-bond acceptors (Lipinski definition) is 8. The Morgan fingerprint density at radius 2 is 1.78 bits per heavy atom. The molecule has 9 nitrogen and oxygen atoms in total. The molecule has 2 aromatic carbocycles. The zero-order valence-electron chi connectivity index (χ0n) is 19.9. The zero-order valence-corrected chi connectivity index (χ0v) is 22.3. The number of carbonyl (C=O) groups is 1. The topological polar surface area (TPSA) is 130 Å². The van der Waals surface area contributed by atoms with Crippen molar-refractivity contribution >= 4 is 60.6 Å². The monoisotopic (exact) mass is 556 g/mol. The van der Waals surface area contributed by atoms with Gasteiger partial charge in [0.15, 0.2) is 5.16 Å². The first-order valence-electron chi connectivity index (χ1n) is 11.6. The Labute approximate surface area is 221 Å². The minimum Gasteiger partial charge on any atom is -0.497 e. The lowest BCUT2D eigenvalue weighted by atomic mass is 9.97. The smallest absolute Gasteiger partial charge is 0.261 e. The second-order valence-corrected chi connectivity index (χ2v) is 12.2. The average Bonchev–Trinajstić information content (AvgIpc) is 3.27. The van der Waals surface area contributed by atoms with Crippen molar-refractivity contribution < 1.29 is 17.9 Å². The highest BCUT2D eigenvalue weighted by atomic mass is 32.2. The molecule has 0 saturated carbocycles. The van der Waals surface area contributed by atoms with Crippen molar-refractivity contribution in [1.29, 1.82) is 0 Å². The van der Waals surface area contributed by atoms with Crippen LogP contribution in [-0.2, 0) is 27.7 Å². The molecule has 0 fully saturated rings. The van der Waals surface area contributed by atoms with Crippen molar-refractivity contribution in [1.82, 2.24) is 9.97 Å². The Kier molecular flexibility index (Phi) is 7.22. The summed E-state index contributed by atoms with van der Waals surface area (Å²) < 4.78 is 32.9. The first-order valence-corrected chi connectivity index (χ1v) is 14.8. The van der Waals surface area contributed by atoms with Crippen LogP contribution in [0.5, 0.6) is 5.75 Å². The maximum atomic E-state index is 12.7. The van der Waals surface area contributed by atoms with E-state index in [0.29, 0.717) is 27.7 Å². The molecular formula is C25H24N4O5S3. The van der Waals surface area contributed by atoms with E-state index in [1.54, 1.807) is 35.6 Å². The van der Waals surface area contributed by atoms with Crippen molar-refractivity contribution in [3.8, 4) is 5.75 Å². The Bertz CT molecular complexity index is 1610. The number of aromatic amines is 1. The standard InChI is InChI=1S/C25H24N4O5S3/c1-34-17-10-6-16(7-11-17)29-37(32,33)18-12-8-15(9-13-18)26-21(30)14-35-25-27-23(31)22-19-4-2-3-5-20(19)36-24(22)28-25/h6-13,29H,2-5,14H2,1H3,(H,26,30)(H,27,28,31). The van der Waals surface area contributed by atoms with E-state index in [2.05, 4.69) is 20.0 Å². The second kappa shape index (κ2) is 10.6. The van der Waals surface area contributed by atoms with Crippen LogP contribution in [0.25, 0.3) is 10.2 Å². The first kappa shape index (κ1) is 25.3. The van der Waals surface area contributed by atoms with Crippen LogP contribution in [0, 0.1) is 0 Å². The minimum atomic E-state index is -3.80. The van der Waals surface area contributed by atoms with Gasteiger partial charge in [-0.1, -0.05) is 11.8 Å². The summed E-state index contributed by atoms with van der Waals surface area (Å²) in [6, 6.07) is 12.4. The lowest BCUT2D eigenvalue weighted by molar-refractivity contribution is -0.113. The number of methoxy groups -OCH3 is 1. The van der Waals surface area contributed by atoms with Gasteiger partial charge in [-0.3, -0.25) is 14.3 Å². The Balaban J connectivity index is 1.20. The predicted molar refractivity (Wildman–Crippen MR) is 146 cm³/mol. The number of thiophene rings is 1. The molecule has 4 aromatic rings. The second-order valence-electron chi connectivity index (χ2n) is 8.46. The van der Waals surface area contributed by atoms with Gasteiger partial charge in [0.25, 0.3) is 15.6 Å². The van der Waals surface area contributed by atoms with Crippen LogP contribution in [0.15, 0.2) is 63.4 Å². The quantitative estimate of drug-likeness (QED) is 0.217. The number of anilines is 2. The van der Waals surface area contributed by atoms with Gasteiger partial charge in [0.2, 0.25) is 5.91 Å². The SMILES string of the molecule is COc1ccc(NS(=O)(=O)c2ccc(NC(=O)CSc3nc4sc5c(c4c(=O)[nH]3)CCCC5)cc2)cc1. The molecule has 2 heterocycles. The number of benzene rings is 2. The van der Waals surface area contributed by atoms with Gasteiger partial charge in [-0.2, -0.15) is 0 Å². The van der Waals surface area contributed by atoms with Gasteiger partial charge in [-0.15, -0.1) is 11.3 Å². The number of carbonyl (C=O) groups excluding carboxylic acids is 1. The van der Waals surface area contributed by atoms with Crippen LogP contribution in [0.4, 0.5) is 11.4 Å². The average molecular weight is 557 g/mol. The summed E-state index contributed by atoms with van der Waals surface area (Å²) in [6.45, 7) is 0. The number of rotatable bonds is 8. The van der Waals surface area contributed by atoms with Crippen LogP contribution in [0.1, 0.15) is 23.3 Å². The highest BCUT2D eigenvalue weighted by Crippen LogP contribution is 2.34. The van der Waals surface area contributed by atoms with Gasteiger partial charge in [0, 0.05) is 16.3 Å². The molecule has 1 aliphatic rings. The van der Waals surface area contributed by atoms with Crippen molar-refractivity contribution in [2.75, 3.05) is 22.9 Å². The number of fused-ring (bicyclic) bond motifs is 3.